The van der Waals surface area contributed by atoms with Gasteiger partial charge in [-0.05, 0) is 75.8 Å². The predicted molar refractivity (Wildman–Crippen MR) is 105 cm³/mol. The highest BCUT2D eigenvalue weighted by Gasteiger charge is 2.51. The van der Waals surface area contributed by atoms with Crippen LogP contribution in [0.3, 0.4) is 0 Å². The van der Waals surface area contributed by atoms with Gasteiger partial charge in [0.1, 0.15) is 0 Å². The number of amides is 3. The van der Waals surface area contributed by atoms with Crippen molar-refractivity contribution in [3.63, 3.8) is 0 Å². The lowest BCUT2D eigenvalue weighted by Crippen LogP contribution is -2.56. The van der Waals surface area contributed by atoms with Gasteiger partial charge in [-0.1, -0.05) is 0 Å². The van der Waals surface area contributed by atoms with E-state index in [0.29, 0.717) is 30.6 Å². The van der Waals surface area contributed by atoms with Crippen molar-refractivity contribution in [1.82, 2.24) is 19.6 Å². The fourth-order valence-corrected chi connectivity index (χ4v) is 6.51. The maximum absolute atomic E-state index is 12.7. The fourth-order valence-electron chi connectivity index (χ4n) is 6.51. The summed E-state index contributed by atoms with van der Waals surface area (Å²) >= 11 is 0. The summed E-state index contributed by atoms with van der Waals surface area (Å²) in [5, 5.41) is 9.21. The van der Waals surface area contributed by atoms with Crippen LogP contribution in [0.4, 0.5) is 9.59 Å². The molecule has 1 atom stereocenters. The minimum atomic E-state index is -0.755. The van der Waals surface area contributed by atoms with E-state index in [4.69, 9.17) is 0 Å². The molecule has 1 N–H and O–H groups in total. The first kappa shape index (κ1) is 18.5. The zero-order chi connectivity index (χ0) is 19.3. The summed E-state index contributed by atoms with van der Waals surface area (Å²) < 4.78 is 0. The third-order valence-corrected chi connectivity index (χ3v) is 8.35. The molecule has 4 heterocycles. The number of nitrogens with zero attached hydrogens (tertiary/aromatic N) is 4. The van der Waals surface area contributed by atoms with Crippen molar-refractivity contribution in [2.75, 3.05) is 45.8 Å². The molecule has 0 aromatic rings. The van der Waals surface area contributed by atoms with Crippen molar-refractivity contribution in [1.29, 1.82) is 0 Å². The van der Waals surface area contributed by atoms with Gasteiger partial charge in [0.05, 0.1) is 0 Å². The highest BCUT2D eigenvalue weighted by atomic mass is 16.4. The Labute approximate surface area is 167 Å². The minimum Gasteiger partial charge on any atom is -0.465 e. The smallest absolute Gasteiger partial charge is 0.407 e. The topological polar surface area (TPSA) is 67.3 Å². The van der Waals surface area contributed by atoms with Crippen molar-refractivity contribution in [2.45, 2.75) is 63.5 Å². The van der Waals surface area contributed by atoms with Crippen LogP contribution in [0, 0.1) is 11.3 Å². The number of hydrogen-bond donors (Lipinski definition) is 1. The molecule has 7 nitrogen and oxygen atoms in total. The van der Waals surface area contributed by atoms with Gasteiger partial charge in [-0.15, -0.1) is 0 Å². The maximum Gasteiger partial charge on any atom is 0.407 e. The van der Waals surface area contributed by atoms with E-state index in [1.54, 1.807) is 4.90 Å². The van der Waals surface area contributed by atoms with Gasteiger partial charge >= 0.3 is 12.1 Å². The van der Waals surface area contributed by atoms with Gasteiger partial charge in [0.2, 0.25) is 0 Å². The number of likely N-dealkylation sites (tertiary alicyclic amines) is 4. The monoisotopic (exact) mass is 390 g/mol. The summed E-state index contributed by atoms with van der Waals surface area (Å²) in [5.41, 5.74) is 0.270. The molecule has 4 saturated heterocycles. The first-order chi connectivity index (χ1) is 13.5. The van der Waals surface area contributed by atoms with E-state index in [1.165, 1.54) is 32.1 Å². The van der Waals surface area contributed by atoms with Crippen molar-refractivity contribution >= 4 is 12.1 Å². The van der Waals surface area contributed by atoms with Gasteiger partial charge in [0.15, 0.2) is 0 Å². The molecule has 28 heavy (non-hydrogen) atoms. The van der Waals surface area contributed by atoms with Crippen LogP contribution < -0.4 is 0 Å². The van der Waals surface area contributed by atoms with E-state index in [2.05, 4.69) is 9.80 Å². The zero-order valence-electron chi connectivity index (χ0n) is 16.9. The molecular weight excluding hydrogens is 356 g/mol. The van der Waals surface area contributed by atoms with Gasteiger partial charge in [0, 0.05) is 44.8 Å². The molecule has 7 heteroatoms. The Morgan fingerprint density at radius 1 is 0.857 bits per heavy atom. The van der Waals surface area contributed by atoms with Gasteiger partial charge in [-0.25, -0.2) is 9.59 Å². The van der Waals surface area contributed by atoms with Crippen molar-refractivity contribution < 1.29 is 14.7 Å². The molecule has 0 bridgehead atoms. The number of urea groups is 1. The van der Waals surface area contributed by atoms with Crippen LogP contribution in [0.15, 0.2) is 0 Å². The summed E-state index contributed by atoms with van der Waals surface area (Å²) in [6, 6.07) is 1.40. The van der Waals surface area contributed by atoms with Gasteiger partial charge in [0.25, 0.3) is 0 Å². The highest BCUT2D eigenvalue weighted by molar-refractivity contribution is 5.75. The molecule has 0 aromatic heterocycles. The summed E-state index contributed by atoms with van der Waals surface area (Å²) in [5.74, 6) is 0.659. The Morgan fingerprint density at radius 3 is 2.21 bits per heavy atom. The molecule has 0 radical (unpaired) electrons. The second-order valence-electron chi connectivity index (χ2n) is 9.92. The molecular formula is C21H34N4O3. The number of piperidine rings is 1. The number of carbonyl (C=O) groups excluding carboxylic acids is 1. The van der Waals surface area contributed by atoms with Crippen molar-refractivity contribution in [3.05, 3.63) is 0 Å². The molecule has 1 spiro atoms. The van der Waals surface area contributed by atoms with Gasteiger partial charge in [-0.3, -0.25) is 0 Å². The summed E-state index contributed by atoms with van der Waals surface area (Å²) in [4.78, 5) is 32.4. The van der Waals surface area contributed by atoms with Crippen LogP contribution in [0.2, 0.25) is 0 Å². The first-order valence-electron chi connectivity index (χ1n) is 11.3. The molecule has 5 rings (SSSR count). The number of hydrogen-bond acceptors (Lipinski definition) is 3. The Kier molecular flexibility index (Phi) is 4.68. The van der Waals surface area contributed by atoms with Gasteiger partial charge < -0.3 is 24.7 Å². The third-order valence-electron chi connectivity index (χ3n) is 8.35. The van der Waals surface area contributed by atoms with Gasteiger partial charge in [-0.2, -0.15) is 0 Å². The molecule has 0 aromatic carbocycles. The van der Waals surface area contributed by atoms with Crippen LogP contribution in [0.1, 0.15) is 51.4 Å². The lowest BCUT2D eigenvalue weighted by Gasteiger charge is -2.52. The summed E-state index contributed by atoms with van der Waals surface area (Å²) in [7, 11) is 0. The molecule has 1 unspecified atom stereocenters. The number of rotatable bonds is 2. The van der Waals surface area contributed by atoms with E-state index >= 15 is 0 Å². The van der Waals surface area contributed by atoms with E-state index < -0.39 is 6.09 Å². The largest absolute Gasteiger partial charge is 0.465 e. The second-order valence-corrected chi connectivity index (χ2v) is 9.92. The van der Waals surface area contributed by atoms with E-state index in [9.17, 15) is 14.7 Å². The molecule has 5 aliphatic rings. The Morgan fingerprint density at radius 2 is 1.61 bits per heavy atom. The van der Waals surface area contributed by atoms with E-state index in [-0.39, 0.29) is 5.41 Å². The Hall–Kier alpha value is -1.50. The Bertz CT molecular complexity index is 623. The molecule has 1 aliphatic carbocycles. The Balaban J connectivity index is 1.10. The number of carboxylic acid groups (broad SMARTS) is 1. The molecule has 156 valence electrons. The molecule has 1 saturated carbocycles. The average molecular weight is 391 g/mol. The van der Waals surface area contributed by atoms with Crippen LogP contribution >= 0.6 is 0 Å². The fraction of sp³-hybridized carbons (Fsp3) is 0.905. The standard InChI is InChI=1S/C21H34N4O3/c26-19(23-7-2-8-23)25-9-1-3-18(25)16-4-10-22(11-5-16)17-13-21(14-17)6-12-24(15-21)20(27)28/h16-18H,1-15H2,(H,27,28). The predicted octanol–water partition coefficient (Wildman–Crippen LogP) is 2.52. The maximum atomic E-state index is 12.7. The summed E-state index contributed by atoms with van der Waals surface area (Å²) in [6.45, 7) is 6.60. The van der Waals surface area contributed by atoms with Crippen molar-refractivity contribution in [3.8, 4) is 0 Å². The molecule has 3 amide bonds. The van der Waals surface area contributed by atoms with Crippen LogP contribution in [0.25, 0.3) is 0 Å². The number of carbonyl (C=O) groups is 2. The molecule has 4 aliphatic heterocycles. The van der Waals surface area contributed by atoms with Crippen LogP contribution in [-0.2, 0) is 0 Å². The lowest BCUT2D eigenvalue weighted by molar-refractivity contribution is -0.0146. The van der Waals surface area contributed by atoms with E-state index in [1.807, 2.05) is 4.90 Å². The normalized spacial score (nSPS) is 36.6. The zero-order valence-corrected chi connectivity index (χ0v) is 16.9. The lowest BCUT2D eigenvalue weighted by atomic mass is 9.64. The van der Waals surface area contributed by atoms with Crippen LogP contribution in [0.5, 0.6) is 0 Å². The van der Waals surface area contributed by atoms with Crippen LogP contribution in [-0.4, -0.2) is 94.7 Å². The average Bonchev–Trinajstić information content (AvgIpc) is 3.26. The molecule has 5 fully saturated rings. The highest BCUT2D eigenvalue weighted by Crippen LogP contribution is 2.50. The third kappa shape index (κ3) is 3.15. The quantitative estimate of drug-likeness (QED) is 0.787. The van der Waals surface area contributed by atoms with E-state index in [0.717, 1.165) is 58.5 Å². The summed E-state index contributed by atoms with van der Waals surface area (Å²) in [6.07, 6.45) is 8.55. The minimum absolute atomic E-state index is 0.270. The van der Waals surface area contributed by atoms with Crippen molar-refractivity contribution in [2.24, 2.45) is 11.3 Å². The second kappa shape index (κ2) is 7.08. The first-order valence-corrected chi connectivity index (χ1v) is 11.3. The SMILES string of the molecule is O=C(O)N1CCC2(CC(N3CCC(C4CCCN4C(=O)N4CCC4)CC3)C2)C1.